The third-order valence-electron chi connectivity index (χ3n) is 6.16. The van der Waals surface area contributed by atoms with Gasteiger partial charge in [0.15, 0.2) is 0 Å². The van der Waals surface area contributed by atoms with Gasteiger partial charge in [-0.1, -0.05) is 70.4 Å². The van der Waals surface area contributed by atoms with Gasteiger partial charge < -0.3 is 16.9 Å². The molecule has 0 heterocycles. The number of rotatable bonds is 19. The predicted octanol–water partition coefficient (Wildman–Crippen LogP) is 4.90. The van der Waals surface area contributed by atoms with Gasteiger partial charge in [-0.15, -0.1) is 0 Å². The third kappa shape index (κ3) is 16.2. The van der Waals surface area contributed by atoms with Crippen molar-refractivity contribution >= 4 is 0 Å². The van der Waals surface area contributed by atoms with E-state index in [1.165, 1.54) is 121 Å². The highest BCUT2D eigenvalue weighted by Gasteiger charge is 2.19. The van der Waals surface area contributed by atoms with Crippen molar-refractivity contribution in [1.82, 2.24) is 0 Å². The monoisotopic (exact) mass is 387 g/mol. The van der Waals surface area contributed by atoms with Crippen LogP contribution in [-0.2, 0) is 0 Å². The largest absolute Gasteiger partial charge is 1.00 e. The van der Waals surface area contributed by atoms with Crippen LogP contribution in [0.5, 0.6) is 0 Å². The Morgan fingerprint density at radius 3 is 1.31 bits per heavy atom. The summed E-state index contributed by atoms with van der Waals surface area (Å²) >= 11 is 0. The minimum Gasteiger partial charge on any atom is -1.00 e. The molecule has 0 saturated carbocycles. The first-order valence-electron chi connectivity index (χ1n) is 11.7. The molecule has 2 heteroatoms. The lowest BCUT2D eigenvalue weighted by atomic mass is 10.1. The number of halogens is 1. The van der Waals surface area contributed by atoms with Crippen LogP contribution in [0, 0.1) is 0 Å². The Kier molecular flexibility index (Phi) is 23.1. The first-order chi connectivity index (χ1) is 12.2. The minimum atomic E-state index is 0. The van der Waals surface area contributed by atoms with Crippen molar-refractivity contribution in [3.05, 3.63) is 12.2 Å². The van der Waals surface area contributed by atoms with Gasteiger partial charge in [0.25, 0.3) is 0 Å². The summed E-state index contributed by atoms with van der Waals surface area (Å²) in [6, 6.07) is 0. The van der Waals surface area contributed by atoms with Gasteiger partial charge in [0.1, 0.15) is 0 Å². The van der Waals surface area contributed by atoms with E-state index in [1.54, 1.807) is 0 Å². The highest BCUT2D eigenvalue weighted by molar-refractivity contribution is 4.81. The molecule has 0 fully saturated rings. The molecule has 0 aromatic rings. The van der Waals surface area contributed by atoms with Crippen LogP contribution in [0.1, 0.15) is 118 Å². The summed E-state index contributed by atoms with van der Waals surface area (Å²) in [6.07, 6.45) is 24.5. The smallest absolute Gasteiger partial charge is 0.0786 e. The highest BCUT2D eigenvalue weighted by Crippen LogP contribution is 2.13. The summed E-state index contributed by atoms with van der Waals surface area (Å²) in [5, 5.41) is 0. The zero-order valence-corrected chi connectivity index (χ0v) is 19.5. The number of unbranched alkanes of at least 4 members (excludes halogenated alkanes) is 12. The van der Waals surface area contributed by atoms with E-state index in [4.69, 9.17) is 0 Å². The van der Waals surface area contributed by atoms with Crippen molar-refractivity contribution < 1.29 is 16.9 Å². The molecule has 0 atom stereocenters. The van der Waals surface area contributed by atoms with Crippen LogP contribution < -0.4 is 12.4 Å². The second kappa shape index (κ2) is 21.3. The van der Waals surface area contributed by atoms with Crippen molar-refractivity contribution in [2.24, 2.45) is 0 Å². The molecule has 0 bridgehead atoms. The normalized spacial score (nSPS) is 11.8. The maximum atomic E-state index is 2.43. The van der Waals surface area contributed by atoms with Gasteiger partial charge in [-0.3, -0.25) is 0 Å². The molecule has 0 amide bonds. The fourth-order valence-electron chi connectivity index (χ4n) is 3.84. The summed E-state index contributed by atoms with van der Waals surface area (Å²) in [7, 11) is 0. The molecule has 0 aliphatic rings. The number of nitrogens with zero attached hydrogens (tertiary/aromatic N) is 1. The molecular formula is C24H50ClN. The second-order valence-corrected chi connectivity index (χ2v) is 7.95. The Morgan fingerprint density at radius 1 is 0.500 bits per heavy atom. The van der Waals surface area contributed by atoms with Crippen LogP contribution >= 0.6 is 0 Å². The number of allylic oxidation sites excluding steroid dienone is 2. The number of hydrogen-bond acceptors (Lipinski definition) is 0. The van der Waals surface area contributed by atoms with Crippen LogP contribution in [0.3, 0.4) is 0 Å². The van der Waals surface area contributed by atoms with Crippen LogP contribution in [0.15, 0.2) is 12.2 Å². The third-order valence-corrected chi connectivity index (χ3v) is 6.16. The van der Waals surface area contributed by atoms with E-state index in [-0.39, 0.29) is 12.4 Å². The Hall–Kier alpha value is -0.0100. The van der Waals surface area contributed by atoms with E-state index in [9.17, 15) is 0 Å². The minimum absolute atomic E-state index is 0. The van der Waals surface area contributed by atoms with Gasteiger partial charge in [-0.2, -0.15) is 0 Å². The highest BCUT2D eigenvalue weighted by atomic mass is 35.5. The van der Waals surface area contributed by atoms with Crippen molar-refractivity contribution in [3.63, 3.8) is 0 Å². The van der Waals surface area contributed by atoms with Crippen molar-refractivity contribution in [2.45, 2.75) is 118 Å². The zero-order chi connectivity index (χ0) is 18.6. The van der Waals surface area contributed by atoms with E-state index in [0.717, 1.165) is 0 Å². The summed E-state index contributed by atoms with van der Waals surface area (Å²) in [5.41, 5.74) is 0. The summed E-state index contributed by atoms with van der Waals surface area (Å²) in [6.45, 7) is 14.7. The summed E-state index contributed by atoms with van der Waals surface area (Å²) < 4.78 is 1.32. The molecule has 0 aromatic heterocycles. The first-order valence-corrected chi connectivity index (χ1v) is 11.7. The molecule has 1 nitrogen and oxygen atoms in total. The lowest BCUT2D eigenvalue weighted by Crippen LogP contribution is -3.00. The molecule has 0 spiro atoms. The lowest BCUT2D eigenvalue weighted by Gasteiger charge is -2.35. The Balaban J connectivity index is 0. The van der Waals surface area contributed by atoms with E-state index < -0.39 is 0 Å². The fourth-order valence-corrected chi connectivity index (χ4v) is 3.84. The maximum absolute atomic E-state index is 2.43. The first kappa shape index (κ1) is 28.2. The quantitative estimate of drug-likeness (QED) is 0.168. The summed E-state index contributed by atoms with van der Waals surface area (Å²) in [5.74, 6) is 0. The summed E-state index contributed by atoms with van der Waals surface area (Å²) in [4.78, 5) is 0. The SMILES string of the molecule is CCCCCCCCC=CCCCCCCCC[N+](CC)(CC)CC.[Cl-]. The molecule has 0 unspecified atom stereocenters. The molecule has 0 aliphatic carbocycles. The molecule has 158 valence electrons. The topological polar surface area (TPSA) is 0 Å². The average molecular weight is 388 g/mol. The molecule has 26 heavy (non-hydrogen) atoms. The Bertz CT molecular complexity index is 276. The number of quaternary nitrogens is 1. The van der Waals surface area contributed by atoms with Crippen LogP contribution in [0.25, 0.3) is 0 Å². The molecular weight excluding hydrogens is 338 g/mol. The van der Waals surface area contributed by atoms with E-state index in [0.29, 0.717) is 0 Å². The van der Waals surface area contributed by atoms with E-state index >= 15 is 0 Å². The molecule has 0 saturated heterocycles. The van der Waals surface area contributed by atoms with Gasteiger partial charge in [0.2, 0.25) is 0 Å². The molecule has 0 aromatic carbocycles. The molecule has 0 rings (SSSR count). The van der Waals surface area contributed by atoms with Crippen molar-refractivity contribution in [3.8, 4) is 0 Å². The van der Waals surface area contributed by atoms with E-state index in [2.05, 4.69) is 39.8 Å². The van der Waals surface area contributed by atoms with Gasteiger partial charge in [-0.25, -0.2) is 0 Å². The fraction of sp³-hybridized carbons (Fsp3) is 0.917. The van der Waals surface area contributed by atoms with Crippen LogP contribution in [0.2, 0.25) is 0 Å². The number of hydrogen-bond donors (Lipinski definition) is 0. The Labute approximate surface area is 173 Å². The lowest BCUT2D eigenvalue weighted by molar-refractivity contribution is -0.923. The van der Waals surface area contributed by atoms with Crippen LogP contribution in [-0.4, -0.2) is 30.7 Å². The van der Waals surface area contributed by atoms with Crippen LogP contribution in [0.4, 0.5) is 0 Å². The van der Waals surface area contributed by atoms with Gasteiger partial charge in [0, 0.05) is 0 Å². The zero-order valence-electron chi connectivity index (χ0n) is 18.7. The predicted molar refractivity (Wildman–Crippen MR) is 116 cm³/mol. The average Bonchev–Trinajstić information content (AvgIpc) is 2.65. The maximum Gasteiger partial charge on any atom is 0.0786 e. The standard InChI is InChI=1S/C24H50N.ClH/c1-5-9-10-11-12-13-14-15-16-17-18-19-20-21-22-23-24-25(6-2,7-3)8-4;/h15-16H,5-14,17-24H2,1-4H3;1H/q+1;/p-1. The molecule has 0 aliphatic heterocycles. The van der Waals surface area contributed by atoms with Crippen molar-refractivity contribution in [1.29, 1.82) is 0 Å². The van der Waals surface area contributed by atoms with Gasteiger partial charge in [0.05, 0.1) is 26.2 Å². The van der Waals surface area contributed by atoms with Gasteiger partial charge >= 0.3 is 0 Å². The molecule has 0 radical (unpaired) electrons. The molecule has 0 N–H and O–H groups in total. The van der Waals surface area contributed by atoms with E-state index in [1.807, 2.05) is 0 Å². The second-order valence-electron chi connectivity index (χ2n) is 7.95. The van der Waals surface area contributed by atoms with Gasteiger partial charge in [-0.05, 0) is 59.3 Å². The van der Waals surface area contributed by atoms with Crippen molar-refractivity contribution in [2.75, 3.05) is 26.2 Å². The Morgan fingerprint density at radius 2 is 0.885 bits per heavy atom.